The lowest BCUT2D eigenvalue weighted by molar-refractivity contribution is -0.136. The van der Waals surface area contributed by atoms with Crippen LogP contribution in [0, 0.1) is 5.82 Å². The SMILES string of the molecule is CC(C)(C)OC(=O)NCc1ccc(C(=O)Nc2ccncc2F)cc1-c1cccc(CC(=O)O)c1. The molecule has 1 aromatic heterocycles. The van der Waals surface area contributed by atoms with E-state index in [1.165, 1.54) is 12.3 Å². The third-order valence-corrected chi connectivity index (χ3v) is 4.81. The van der Waals surface area contributed by atoms with E-state index in [4.69, 9.17) is 9.84 Å². The summed E-state index contributed by atoms with van der Waals surface area (Å²) in [6.45, 7) is 5.37. The Morgan fingerprint density at radius 3 is 2.54 bits per heavy atom. The molecule has 0 saturated carbocycles. The molecule has 8 nitrogen and oxygen atoms in total. The summed E-state index contributed by atoms with van der Waals surface area (Å²) >= 11 is 0. The first-order chi connectivity index (χ1) is 16.5. The number of carboxylic acid groups (broad SMARTS) is 1. The molecule has 0 unspecified atom stereocenters. The van der Waals surface area contributed by atoms with Crippen molar-refractivity contribution in [2.45, 2.75) is 39.3 Å². The lowest BCUT2D eigenvalue weighted by Gasteiger charge is -2.20. The Labute approximate surface area is 202 Å². The van der Waals surface area contributed by atoms with Crippen molar-refractivity contribution in [1.29, 1.82) is 0 Å². The van der Waals surface area contributed by atoms with E-state index < -0.39 is 29.4 Å². The van der Waals surface area contributed by atoms with Crippen molar-refractivity contribution in [3.63, 3.8) is 0 Å². The summed E-state index contributed by atoms with van der Waals surface area (Å²) in [5, 5.41) is 14.4. The van der Waals surface area contributed by atoms with Gasteiger partial charge in [-0.25, -0.2) is 9.18 Å². The number of hydrogen-bond donors (Lipinski definition) is 3. The predicted octanol–water partition coefficient (Wildman–Crippen LogP) is 4.79. The number of aliphatic carboxylic acids is 1. The van der Waals surface area contributed by atoms with Crippen LogP contribution in [0.4, 0.5) is 14.9 Å². The highest BCUT2D eigenvalue weighted by Crippen LogP contribution is 2.27. The molecule has 2 amide bonds. The molecule has 0 atom stereocenters. The first-order valence-electron chi connectivity index (χ1n) is 10.8. The van der Waals surface area contributed by atoms with Gasteiger partial charge in [-0.15, -0.1) is 0 Å². The summed E-state index contributed by atoms with van der Waals surface area (Å²) in [7, 11) is 0. The zero-order chi connectivity index (χ0) is 25.6. The van der Waals surface area contributed by atoms with Gasteiger partial charge in [0.15, 0.2) is 5.82 Å². The molecule has 3 aromatic rings. The minimum Gasteiger partial charge on any atom is -0.481 e. The number of nitrogens with zero attached hydrogens (tertiary/aromatic N) is 1. The number of carboxylic acids is 1. The van der Waals surface area contributed by atoms with Gasteiger partial charge in [0.1, 0.15) is 5.60 Å². The maximum absolute atomic E-state index is 13.9. The fourth-order valence-electron chi connectivity index (χ4n) is 3.32. The molecule has 2 aromatic carbocycles. The van der Waals surface area contributed by atoms with E-state index in [1.807, 2.05) is 0 Å². The summed E-state index contributed by atoms with van der Waals surface area (Å²) in [6, 6.07) is 13.1. The predicted molar refractivity (Wildman–Crippen MR) is 128 cm³/mol. The van der Waals surface area contributed by atoms with E-state index in [9.17, 15) is 18.8 Å². The van der Waals surface area contributed by atoms with Crippen molar-refractivity contribution in [2.75, 3.05) is 5.32 Å². The Kier molecular flexibility index (Phi) is 7.80. The van der Waals surface area contributed by atoms with Gasteiger partial charge in [0.2, 0.25) is 0 Å². The van der Waals surface area contributed by atoms with Crippen LogP contribution < -0.4 is 10.6 Å². The summed E-state index contributed by atoms with van der Waals surface area (Å²) in [4.78, 5) is 39.8. The number of alkyl carbamates (subject to hydrolysis) is 1. The molecule has 0 bridgehead atoms. The second kappa shape index (κ2) is 10.8. The number of benzene rings is 2. The molecular weight excluding hydrogens is 453 g/mol. The average Bonchev–Trinajstić information content (AvgIpc) is 2.77. The molecule has 9 heteroatoms. The Hall–Kier alpha value is -4.27. The normalized spacial score (nSPS) is 11.0. The van der Waals surface area contributed by atoms with Crippen LogP contribution in [0.3, 0.4) is 0 Å². The number of aromatic nitrogens is 1. The summed E-state index contributed by atoms with van der Waals surface area (Å²) in [6.07, 6.45) is 1.60. The van der Waals surface area contributed by atoms with E-state index in [2.05, 4.69) is 15.6 Å². The zero-order valence-electron chi connectivity index (χ0n) is 19.6. The highest BCUT2D eigenvalue weighted by Gasteiger charge is 2.18. The van der Waals surface area contributed by atoms with Gasteiger partial charge in [0, 0.05) is 18.3 Å². The fraction of sp³-hybridized carbons (Fsp3) is 0.231. The van der Waals surface area contributed by atoms with Crippen molar-refractivity contribution in [3.8, 4) is 11.1 Å². The molecule has 0 aliphatic heterocycles. The van der Waals surface area contributed by atoms with Crippen LogP contribution in [0.1, 0.15) is 42.3 Å². The van der Waals surface area contributed by atoms with Crippen LogP contribution in [0.25, 0.3) is 11.1 Å². The quantitative estimate of drug-likeness (QED) is 0.448. The molecule has 3 N–H and O–H groups in total. The molecule has 1 heterocycles. The number of hydrogen-bond acceptors (Lipinski definition) is 5. The third kappa shape index (κ3) is 7.36. The number of nitrogens with one attached hydrogen (secondary N) is 2. The second-order valence-corrected chi connectivity index (χ2v) is 8.81. The Bertz CT molecular complexity index is 1250. The van der Waals surface area contributed by atoms with E-state index in [-0.39, 0.29) is 24.2 Å². The summed E-state index contributed by atoms with van der Waals surface area (Å²) < 4.78 is 19.2. The molecule has 0 fully saturated rings. The molecule has 3 rings (SSSR count). The fourth-order valence-corrected chi connectivity index (χ4v) is 3.32. The third-order valence-electron chi connectivity index (χ3n) is 4.81. The zero-order valence-corrected chi connectivity index (χ0v) is 19.6. The smallest absolute Gasteiger partial charge is 0.407 e. The molecule has 0 aliphatic carbocycles. The van der Waals surface area contributed by atoms with E-state index in [0.717, 1.165) is 6.20 Å². The van der Waals surface area contributed by atoms with Crippen LogP contribution in [0.5, 0.6) is 0 Å². The topological polar surface area (TPSA) is 118 Å². The van der Waals surface area contributed by atoms with Crippen LogP contribution in [0.15, 0.2) is 60.9 Å². The number of pyridine rings is 1. The van der Waals surface area contributed by atoms with Crippen LogP contribution >= 0.6 is 0 Å². The second-order valence-electron chi connectivity index (χ2n) is 8.81. The van der Waals surface area contributed by atoms with Crippen molar-refractivity contribution in [3.05, 3.63) is 83.4 Å². The van der Waals surface area contributed by atoms with Gasteiger partial charge in [-0.3, -0.25) is 14.6 Å². The number of carbonyl (C=O) groups excluding carboxylic acids is 2. The average molecular weight is 480 g/mol. The number of carbonyl (C=O) groups is 3. The molecular formula is C26H26FN3O5. The van der Waals surface area contributed by atoms with Gasteiger partial charge < -0.3 is 20.5 Å². The number of rotatable bonds is 7. The van der Waals surface area contributed by atoms with E-state index >= 15 is 0 Å². The Morgan fingerprint density at radius 1 is 1.09 bits per heavy atom. The number of ether oxygens (including phenoxy) is 1. The van der Waals surface area contributed by atoms with E-state index in [0.29, 0.717) is 22.3 Å². The molecule has 35 heavy (non-hydrogen) atoms. The molecule has 182 valence electrons. The Morgan fingerprint density at radius 2 is 1.86 bits per heavy atom. The lowest BCUT2D eigenvalue weighted by atomic mass is 9.95. The highest BCUT2D eigenvalue weighted by molar-refractivity contribution is 6.05. The maximum atomic E-state index is 13.9. The molecule has 0 radical (unpaired) electrons. The standard InChI is InChI=1S/C26H26FN3O5/c1-26(2,3)35-25(34)29-14-19-8-7-18(24(33)30-22-9-10-28-15-21(22)27)13-20(19)17-6-4-5-16(11-17)12-23(31)32/h4-11,13,15H,12,14H2,1-3H3,(H,29,34)(H,31,32)(H,28,30,33). The van der Waals surface area contributed by atoms with Gasteiger partial charge in [0.05, 0.1) is 18.3 Å². The number of halogens is 1. The highest BCUT2D eigenvalue weighted by atomic mass is 19.1. The Balaban J connectivity index is 1.94. The molecule has 0 aliphatic rings. The van der Waals surface area contributed by atoms with Crippen LogP contribution in [-0.4, -0.2) is 33.7 Å². The van der Waals surface area contributed by atoms with Gasteiger partial charge in [-0.1, -0.05) is 30.3 Å². The van der Waals surface area contributed by atoms with Crippen LogP contribution in [0.2, 0.25) is 0 Å². The number of amides is 2. The van der Waals surface area contributed by atoms with Crippen molar-refractivity contribution < 1.29 is 28.6 Å². The maximum Gasteiger partial charge on any atom is 0.407 e. The minimum atomic E-state index is -0.971. The van der Waals surface area contributed by atoms with Gasteiger partial charge >= 0.3 is 12.1 Å². The van der Waals surface area contributed by atoms with Crippen molar-refractivity contribution in [1.82, 2.24) is 10.3 Å². The van der Waals surface area contributed by atoms with Gasteiger partial charge in [-0.2, -0.15) is 0 Å². The van der Waals surface area contributed by atoms with Crippen LogP contribution in [-0.2, 0) is 22.5 Å². The molecule has 0 saturated heterocycles. The number of anilines is 1. The van der Waals surface area contributed by atoms with Gasteiger partial charge in [-0.05, 0) is 61.2 Å². The first kappa shape index (κ1) is 25.4. The van der Waals surface area contributed by atoms with Crippen molar-refractivity contribution >= 4 is 23.7 Å². The minimum absolute atomic E-state index is 0.00863. The van der Waals surface area contributed by atoms with E-state index in [1.54, 1.807) is 63.2 Å². The monoisotopic (exact) mass is 479 g/mol. The summed E-state index contributed by atoms with van der Waals surface area (Å²) in [5.74, 6) is -2.17. The lowest BCUT2D eigenvalue weighted by Crippen LogP contribution is -2.32. The van der Waals surface area contributed by atoms with Crippen molar-refractivity contribution in [2.24, 2.45) is 0 Å². The summed E-state index contributed by atoms with van der Waals surface area (Å²) in [5.41, 5.74) is 2.10. The van der Waals surface area contributed by atoms with Gasteiger partial charge in [0.25, 0.3) is 5.91 Å². The molecule has 0 spiro atoms. The first-order valence-corrected chi connectivity index (χ1v) is 10.8. The largest absolute Gasteiger partial charge is 0.481 e.